The zero-order valence-electron chi connectivity index (χ0n) is 6.80. The normalized spacial score (nSPS) is 20.9. The van der Waals surface area contributed by atoms with E-state index in [4.69, 9.17) is 32.7 Å². The van der Waals surface area contributed by atoms with Crippen molar-refractivity contribution in [2.45, 2.75) is 12.7 Å². The fourth-order valence-corrected chi connectivity index (χ4v) is 1.30. The highest BCUT2D eigenvalue weighted by molar-refractivity contribution is 6.42. The Bertz CT molecular complexity index is 310. The van der Waals surface area contributed by atoms with Gasteiger partial charge in [0.1, 0.15) is 5.75 Å². The molecule has 70 valence electrons. The molecule has 4 heteroatoms. The van der Waals surface area contributed by atoms with Gasteiger partial charge in [-0.1, -0.05) is 23.2 Å². The van der Waals surface area contributed by atoms with Gasteiger partial charge in [-0.3, -0.25) is 0 Å². The predicted molar refractivity (Wildman–Crippen MR) is 51.4 cm³/mol. The lowest BCUT2D eigenvalue weighted by molar-refractivity contribution is -0.165. The van der Waals surface area contributed by atoms with E-state index in [1.165, 1.54) is 0 Å². The average molecular weight is 219 g/mol. The van der Waals surface area contributed by atoms with E-state index in [0.29, 0.717) is 15.8 Å². The van der Waals surface area contributed by atoms with Crippen LogP contribution < -0.4 is 4.74 Å². The van der Waals surface area contributed by atoms with Gasteiger partial charge in [0, 0.05) is 12.5 Å². The van der Waals surface area contributed by atoms with Gasteiger partial charge in [0.25, 0.3) is 0 Å². The van der Waals surface area contributed by atoms with Crippen molar-refractivity contribution in [2.24, 2.45) is 0 Å². The maximum atomic E-state index is 5.81. The largest absolute Gasteiger partial charge is 0.465 e. The summed E-state index contributed by atoms with van der Waals surface area (Å²) in [5, 5.41) is 1.03. The van der Waals surface area contributed by atoms with Gasteiger partial charge in [0.15, 0.2) is 0 Å². The van der Waals surface area contributed by atoms with Gasteiger partial charge >= 0.3 is 0 Å². The minimum atomic E-state index is -0.114. The fraction of sp³-hybridized carbons (Fsp3) is 0.333. The first-order valence-electron chi connectivity index (χ1n) is 3.99. The molecule has 1 unspecified atom stereocenters. The topological polar surface area (TPSA) is 18.5 Å². The van der Waals surface area contributed by atoms with Crippen LogP contribution in [0.5, 0.6) is 5.75 Å². The molecule has 0 aromatic heterocycles. The van der Waals surface area contributed by atoms with Gasteiger partial charge in [-0.15, -0.1) is 0 Å². The summed E-state index contributed by atoms with van der Waals surface area (Å²) in [6.07, 6.45) is 0.817. The molecule has 0 saturated carbocycles. The van der Waals surface area contributed by atoms with Gasteiger partial charge in [0.05, 0.1) is 16.7 Å². The molecule has 0 N–H and O–H groups in total. The highest BCUT2D eigenvalue weighted by atomic mass is 35.5. The van der Waals surface area contributed by atoms with E-state index >= 15 is 0 Å². The van der Waals surface area contributed by atoms with Gasteiger partial charge in [-0.2, -0.15) is 0 Å². The lowest BCUT2D eigenvalue weighted by Crippen LogP contribution is -2.32. The molecule has 1 saturated heterocycles. The van der Waals surface area contributed by atoms with Crippen molar-refractivity contribution in [3.8, 4) is 5.75 Å². The minimum absolute atomic E-state index is 0.114. The predicted octanol–water partition coefficient (Wildman–Crippen LogP) is 3.12. The summed E-state index contributed by atoms with van der Waals surface area (Å²) in [6.45, 7) is 0.770. The van der Waals surface area contributed by atoms with E-state index in [0.717, 1.165) is 13.0 Å². The van der Waals surface area contributed by atoms with Crippen molar-refractivity contribution in [3.05, 3.63) is 28.2 Å². The third kappa shape index (κ3) is 2.08. The molecule has 1 aromatic carbocycles. The zero-order chi connectivity index (χ0) is 9.26. The molecular weight excluding hydrogens is 211 g/mol. The number of hydrogen-bond donors (Lipinski definition) is 0. The van der Waals surface area contributed by atoms with Crippen molar-refractivity contribution < 1.29 is 9.47 Å². The van der Waals surface area contributed by atoms with Crippen LogP contribution in [-0.2, 0) is 4.74 Å². The van der Waals surface area contributed by atoms with Crippen LogP contribution in [-0.4, -0.2) is 12.9 Å². The lowest BCUT2D eigenvalue weighted by Gasteiger charge is -2.26. The molecule has 0 bridgehead atoms. The van der Waals surface area contributed by atoms with E-state index in [2.05, 4.69) is 0 Å². The van der Waals surface area contributed by atoms with Crippen LogP contribution in [0.1, 0.15) is 6.42 Å². The summed E-state index contributed by atoms with van der Waals surface area (Å²) in [4.78, 5) is 0. The van der Waals surface area contributed by atoms with Gasteiger partial charge in [0.2, 0.25) is 6.29 Å². The van der Waals surface area contributed by atoms with Crippen molar-refractivity contribution in [2.75, 3.05) is 6.61 Å². The number of rotatable bonds is 2. The van der Waals surface area contributed by atoms with Crippen LogP contribution in [0.3, 0.4) is 0 Å². The van der Waals surface area contributed by atoms with Gasteiger partial charge in [-0.25, -0.2) is 0 Å². The van der Waals surface area contributed by atoms with Crippen LogP contribution >= 0.6 is 23.2 Å². The summed E-state index contributed by atoms with van der Waals surface area (Å²) in [5.74, 6) is 0.694. The quantitative estimate of drug-likeness (QED) is 0.760. The highest BCUT2D eigenvalue weighted by Crippen LogP contribution is 2.28. The second-order valence-corrected chi connectivity index (χ2v) is 3.60. The Morgan fingerprint density at radius 2 is 2.08 bits per heavy atom. The number of hydrogen-bond acceptors (Lipinski definition) is 2. The Hall–Kier alpha value is -0.440. The second-order valence-electron chi connectivity index (χ2n) is 2.78. The molecule has 0 spiro atoms. The number of ether oxygens (including phenoxy) is 2. The molecule has 2 rings (SSSR count). The molecule has 1 atom stereocenters. The first kappa shape index (κ1) is 9.13. The molecule has 1 aliphatic heterocycles. The molecule has 2 nitrogen and oxygen atoms in total. The molecule has 0 amide bonds. The van der Waals surface area contributed by atoms with Crippen molar-refractivity contribution >= 4 is 23.2 Å². The third-order valence-corrected chi connectivity index (χ3v) is 2.55. The van der Waals surface area contributed by atoms with Crippen molar-refractivity contribution in [3.63, 3.8) is 0 Å². The van der Waals surface area contributed by atoms with E-state index in [1.807, 2.05) is 0 Å². The Balaban J connectivity index is 2.07. The SMILES string of the molecule is Clc1ccc(OC2CCO2)cc1Cl. The molecular formula is C9H8Cl2O2. The van der Waals surface area contributed by atoms with Crippen molar-refractivity contribution in [1.29, 1.82) is 0 Å². The summed E-state index contributed by atoms with van der Waals surface area (Å²) in [6, 6.07) is 5.17. The molecule has 1 aliphatic rings. The Morgan fingerprint density at radius 3 is 2.62 bits per heavy atom. The van der Waals surface area contributed by atoms with Gasteiger partial charge < -0.3 is 9.47 Å². The molecule has 0 aliphatic carbocycles. The van der Waals surface area contributed by atoms with E-state index < -0.39 is 0 Å². The summed E-state index contributed by atoms with van der Waals surface area (Å²) >= 11 is 11.6. The molecule has 0 radical (unpaired) electrons. The fourth-order valence-electron chi connectivity index (χ4n) is 1.01. The lowest BCUT2D eigenvalue weighted by atomic mass is 10.3. The minimum Gasteiger partial charge on any atom is -0.465 e. The van der Waals surface area contributed by atoms with Crippen molar-refractivity contribution in [1.82, 2.24) is 0 Å². The van der Waals surface area contributed by atoms with E-state index in [-0.39, 0.29) is 6.29 Å². The molecule has 1 heterocycles. The van der Waals surface area contributed by atoms with Crippen LogP contribution in [0.15, 0.2) is 18.2 Å². The second kappa shape index (κ2) is 3.74. The Morgan fingerprint density at radius 1 is 1.31 bits per heavy atom. The molecule has 1 aromatic rings. The maximum Gasteiger partial charge on any atom is 0.202 e. The standard InChI is InChI=1S/C9H8Cl2O2/c10-7-2-1-6(5-8(7)11)13-9-3-4-12-9/h1-2,5,9H,3-4H2. The molecule has 13 heavy (non-hydrogen) atoms. The average Bonchev–Trinajstić information content (AvgIpc) is 2.04. The summed E-state index contributed by atoms with van der Waals surface area (Å²) < 4.78 is 10.5. The monoisotopic (exact) mass is 218 g/mol. The number of halogens is 2. The van der Waals surface area contributed by atoms with Crippen LogP contribution in [0.2, 0.25) is 10.0 Å². The summed E-state index contributed by atoms with van der Waals surface area (Å²) in [5.41, 5.74) is 0. The van der Waals surface area contributed by atoms with Gasteiger partial charge in [-0.05, 0) is 12.1 Å². The first-order chi connectivity index (χ1) is 6.25. The first-order valence-corrected chi connectivity index (χ1v) is 4.74. The Labute approximate surface area is 86.4 Å². The smallest absolute Gasteiger partial charge is 0.202 e. The van der Waals surface area contributed by atoms with Crippen LogP contribution in [0.25, 0.3) is 0 Å². The van der Waals surface area contributed by atoms with E-state index in [1.54, 1.807) is 18.2 Å². The van der Waals surface area contributed by atoms with Crippen LogP contribution in [0.4, 0.5) is 0 Å². The number of benzene rings is 1. The maximum absolute atomic E-state index is 5.81. The van der Waals surface area contributed by atoms with Crippen LogP contribution in [0, 0.1) is 0 Å². The highest BCUT2D eigenvalue weighted by Gasteiger charge is 2.19. The van der Waals surface area contributed by atoms with E-state index in [9.17, 15) is 0 Å². The Kier molecular flexibility index (Phi) is 2.63. The molecule has 1 fully saturated rings. The third-order valence-electron chi connectivity index (χ3n) is 1.82. The zero-order valence-corrected chi connectivity index (χ0v) is 8.31. The summed E-state index contributed by atoms with van der Waals surface area (Å²) in [7, 11) is 0.